The number of fused-ring (bicyclic) bond motifs is 1. The molecule has 2 N–H and O–H groups in total. The number of benzene rings is 3. The van der Waals surface area contributed by atoms with Gasteiger partial charge in [-0.15, -0.1) is 5.01 Å². The molecule has 0 aliphatic rings. The minimum absolute atomic E-state index is 0.00638. The molecule has 3 aromatic carbocycles. The molecule has 0 fully saturated rings. The van der Waals surface area contributed by atoms with Crippen LogP contribution in [0.25, 0.3) is 11.0 Å². The van der Waals surface area contributed by atoms with Crippen LogP contribution in [0, 0.1) is 12.3 Å². The molecule has 0 saturated heterocycles. The molecule has 172 valence electrons. The SMILES string of the molecule is Cc1cccc2c1ncn2N(C(=N)NC(=O)OCc1ccccc1)C(=O)OCc1ccccc1. The third kappa shape index (κ3) is 5.21. The molecule has 4 aromatic rings. The van der Waals surface area contributed by atoms with E-state index >= 15 is 0 Å². The Morgan fingerprint density at radius 2 is 1.53 bits per heavy atom. The van der Waals surface area contributed by atoms with Gasteiger partial charge < -0.3 is 9.47 Å². The number of para-hydroxylation sites is 1. The van der Waals surface area contributed by atoms with Crippen LogP contribution >= 0.6 is 0 Å². The van der Waals surface area contributed by atoms with Crippen LogP contribution in [0.3, 0.4) is 0 Å². The van der Waals surface area contributed by atoms with Crippen molar-refractivity contribution < 1.29 is 19.1 Å². The fourth-order valence-electron chi connectivity index (χ4n) is 3.31. The van der Waals surface area contributed by atoms with Crippen molar-refractivity contribution in [2.45, 2.75) is 20.1 Å². The van der Waals surface area contributed by atoms with Crippen LogP contribution in [0.5, 0.6) is 0 Å². The minimum atomic E-state index is -0.879. The summed E-state index contributed by atoms with van der Waals surface area (Å²) < 4.78 is 12.0. The summed E-state index contributed by atoms with van der Waals surface area (Å²) in [5, 5.41) is 11.6. The lowest BCUT2D eigenvalue weighted by Crippen LogP contribution is -2.52. The van der Waals surface area contributed by atoms with Gasteiger partial charge in [-0.2, -0.15) is 0 Å². The Morgan fingerprint density at radius 1 is 0.912 bits per heavy atom. The van der Waals surface area contributed by atoms with Crippen molar-refractivity contribution in [1.82, 2.24) is 15.0 Å². The number of alkyl carbamates (subject to hydrolysis) is 1. The predicted octanol–water partition coefficient (Wildman–Crippen LogP) is 4.48. The van der Waals surface area contributed by atoms with Gasteiger partial charge >= 0.3 is 12.2 Å². The van der Waals surface area contributed by atoms with Crippen molar-refractivity contribution >= 4 is 29.2 Å². The number of nitrogens with one attached hydrogen (secondary N) is 2. The van der Waals surface area contributed by atoms with E-state index in [2.05, 4.69) is 10.3 Å². The van der Waals surface area contributed by atoms with Crippen LogP contribution in [-0.2, 0) is 22.7 Å². The molecule has 0 atom stereocenters. The summed E-state index contributed by atoms with van der Waals surface area (Å²) in [5.74, 6) is -0.545. The van der Waals surface area contributed by atoms with E-state index in [4.69, 9.17) is 14.9 Å². The van der Waals surface area contributed by atoms with Gasteiger partial charge in [-0.3, -0.25) is 10.7 Å². The quantitative estimate of drug-likeness (QED) is 0.339. The van der Waals surface area contributed by atoms with Gasteiger partial charge in [0.2, 0.25) is 5.96 Å². The molecule has 0 unspecified atom stereocenters. The van der Waals surface area contributed by atoms with E-state index in [-0.39, 0.29) is 13.2 Å². The molecule has 4 rings (SSSR count). The molecule has 9 nitrogen and oxygen atoms in total. The first-order valence-corrected chi connectivity index (χ1v) is 10.5. The molecule has 0 aliphatic heterocycles. The highest BCUT2D eigenvalue weighted by Gasteiger charge is 2.26. The number of aryl methyl sites for hydroxylation is 1. The van der Waals surface area contributed by atoms with Gasteiger partial charge in [-0.1, -0.05) is 72.8 Å². The highest BCUT2D eigenvalue weighted by Crippen LogP contribution is 2.17. The van der Waals surface area contributed by atoms with E-state index in [0.29, 0.717) is 11.0 Å². The lowest BCUT2D eigenvalue weighted by Gasteiger charge is -2.23. The van der Waals surface area contributed by atoms with E-state index in [1.165, 1.54) is 11.0 Å². The van der Waals surface area contributed by atoms with Gasteiger partial charge in [0.25, 0.3) is 0 Å². The second kappa shape index (κ2) is 10.3. The molecular weight excluding hydrogens is 434 g/mol. The van der Waals surface area contributed by atoms with Crippen LogP contribution in [0.1, 0.15) is 16.7 Å². The molecule has 34 heavy (non-hydrogen) atoms. The third-order valence-electron chi connectivity index (χ3n) is 5.00. The molecule has 0 spiro atoms. The first kappa shape index (κ1) is 22.5. The largest absolute Gasteiger partial charge is 0.444 e. The zero-order valence-corrected chi connectivity index (χ0v) is 18.5. The average molecular weight is 457 g/mol. The van der Waals surface area contributed by atoms with Gasteiger partial charge in [0.1, 0.15) is 19.5 Å². The molecular formula is C25H23N5O4. The maximum atomic E-state index is 13.1. The second-order valence-electron chi connectivity index (χ2n) is 7.42. The molecule has 2 amide bonds. The maximum Gasteiger partial charge on any atom is 0.437 e. The normalized spacial score (nSPS) is 10.5. The van der Waals surface area contributed by atoms with Crippen LogP contribution < -0.4 is 10.3 Å². The van der Waals surface area contributed by atoms with E-state index < -0.39 is 18.1 Å². The number of ether oxygens (including phenoxy) is 2. The Balaban J connectivity index is 1.53. The molecule has 1 heterocycles. The monoisotopic (exact) mass is 457 g/mol. The zero-order valence-electron chi connectivity index (χ0n) is 18.5. The van der Waals surface area contributed by atoms with Gasteiger partial charge in [0.15, 0.2) is 0 Å². The third-order valence-corrected chi connectivity index (χ3v) is 5.00. The number of hydrogen-bond donors (Lipinski definition) is 2. The Kier molecular flexibility index (Phi) is 6.83. The topological polar surface area (TPSA) is 110 Å². The Hall–Kier alpha value is -4.66. The molecule has 9 heteroatoms. The summed E-state index contributed by atoms with van der Waals surface area (Å²) in [5.41, 5.74) is 3.70. The number of hydrogen-bond acceptors (Lipinski definition) is 6. The van der Waals surface area contributed by atoms with Gasteiger partial charge in [-0.25, -0.2) is 19.2 Å². The van der Waals surface area contributed by atoms with Crippen molar-refractivity contribution in [3.05, 3.63) is 102 Å². The fourth-order valence-corrected chi connectivity index (χ4v) is 3.31. The molecule has 0 aliphatic carbocycles. The summed E-state index contributed by atoms with van der Waals surface area (Å²) in [7, 11) is 0. The summed E-state index contributed by atoms with van der Waals surface area (Å²) in [4.78, 5) is 29.8. The predicted molar refractivity (Wildman–Crippen MR) is 127 cm³/mol. The Bertz CT molecular complexity index is 1300. The smallest absolute Gasteiger partial charge is 0.437 e. The summed E-state index contributed by atoms with van der Waals surface area (Å²) in [6, 6.07) is 23.8. The number of carbonyl (C=O) groups is 2. The molecule has 0 saturated carbocycles. The lowest BCUT2D eigenvalue weighted by molar-refractivity contribution is 0.142. The van der Waals surface area contributed by atoms with Crippen molar-refractivity contribution in [2.24, 2.45) is 0 Å². The Morgan fingerprint density at radius 3 is 2.18 bits per heavy atom. The van der Waals surface area contributed by atoms with E-state index in [0.717, 1.165) is 21.7 Å². The van der Waals surface area contributed by atoms with Gasteiger partial charge in [0, 0.05) is 0 Å². The first-order valence-electron chi connectivity index (χ1n) is 10.5. The van der Waals surface area contributed by atoms with Crippen molar-refractivity contribution in [3.8, 4) is 0 Å². The number of amides is 2. The van der Waals surface area contributed by atoms with Crippen LogP contribution in [-0.4, -0.2) is 27.8 Å². The highest BCUT2D eigenvalue weighted by molar-refractivity contribution is 6.11. The van der Waals surface area contributed by atoms with E-state index in [1.807, 2.05) is 79.7 Å². The number of rotatable bonds is 5. The van der Waals surface area contributed by atoms with Crippen molar-refractivity contribution in [1.29, 1.82) is 5.41 Å². The number of aromatic nitrogens is 2. The number of imidazole rings is 1. The van der Waals surface area contributed by atoms with Crippen molar-refractivity contribution in [2.75, 3.05) is 5.01 Å². The first-order chi connectivity index (χ1) is 16.5. The number of carbonyl (C=O) groups excluding carboxylic acids is 2. The zero-order chi connectivity index (χ0) is 23.9. The highest BCUT2D eigenvalue weighted by atomic mass is 16.6. The molecule has 0 bridgehead atoms. The molecule has 1 aromatic heterocycles. The maximum absolute atomic E-state index is 13.1. The number of nitrogens with zero attached hydrogens (tertiary/aromatic N) is 3. The summed E-state index contributed by atoms with van der Waals surface area (Å²) in [6.45, 7) is 1.90. The minimum Gasteiger partial charge on any atom is -0.444 e. The van der Waals surface area contributed by atoms with Crippen molar-refractivity contribution in [3.63, 3.8) is 0 Å². The summed E-state index contributed by atoms with van der Waals surface area (Å²) >= 11 is 0. The van der Waals surface area contributed by atoms with Crippen LogP contribution in [0.2, 0.25) is 0 Å². The van der Waals surface area contributed by atoms with Gasteiger partial charge in [-0.05, 0) is 29.7 Å². The summed E-state index contributed by atoms with van der Waals surface area (Å²) in [6.07, 6.45) is -0.346. The van der Waals surface area contributed by atoms with Crippen LogP contribution in [0.4, 0.5) is 9.59 Å². The fraction of sp³-hybridized carbons (Fsp3) is 0.120. The van der Waals surface area contributed by atoms with Crippen LogP contribution in [0.15, 0.2) is 85.2 Å². The second-order valence-corrected chi connectivity index (χ2v) is 7.42. The average Bonchev–Trinajstić information content (AvgIpc) is 3.28. The van der Waals surface area contributed by atoms with E-state index in [1.54, 1.807) is 6.07 Å². The molecule has 0 radical (unpaired) electrons. The lowest BCUT2D eigenvalue weighted by atomic mass is 10.2. The standard InChI is InChI=1S/C25H23N5O4/c1-18-9-8-14-21-22(18)27-17-29(21)30(25(32)34-16-20-12-6-3-7-13-20)23(26)28-24(31)33-15-19-10-4-2-5-11-19/h2-14,17H,15-16H2,1H3,(H2,26,28,31). The van der Waals surface area contributed by atoms with E-state index in [9.17, 15) is 9.59 Å². The Labute approximate surface area is 196 Å². The van der Waals surface area contributed by atoms with Gasteiger partial charge in [0.05, 0.1) is 11.0 Å². The number of guanidine groups is 1.